The number of hydrogen-bond acceptors (Lipinski definition) is 3. The Hall–Kier alpha value is -0.630. The molecule has 0 atom stereocenters. The van der Waals surface area contributed by atoms with Crippen LogP contribution in [0.3, 0.4) is 0 Å². The van der Waals surface area contributed by atoms with Crippen LogP contribution in [0.2, 0.25) is 0 Å². The zero-order valence-corrected chi connectivity index (χ0v) is 12.6. The first-order valence-corrected chi connectivity index (χ1v) is 7.56. The summed E-state index contributed by atoms with van der Waals surface area (Å²) >= 11 is 4.67. The standard InChI is InChI=1S/C13H10BrF3O2S/c14-9-3-1-2-7-8(6-13(15,16)17)11(20-10(7)9)12-18-4-5-19-12/h1-3,12H,4-6H2. The van der Waals surface area contributed by atoms with Crippen molar-refractivity contribution in [2.75, 3.05) is 13.2 Å². The number of halogens is 4. The van der Waals surface area contributed by atoms with Gasteiger partial charge < -0.3 is 9.47 Å². The highest BCUT2D eigenvalue weighted by Gasteiger charge is 2.34. The first-order valence-electron chi connectivity index (χ1n) is 5.95. The Labute approximate surface area is 125 Å². The largest absolute Gasteiger partial charge is 0.393 e. The minimum Gasteiger partial charge on any atom is -0.345 e. The molecule has 1 saturated heterocycles. The molecule has 108 valence electrons. The van der Waals surface area contributed by atoms with Crippen LogP contribution in [-0.4, -0.2) is 19.4 Å². The molecule has 1 aliphatic rings. The van der Waals surface area contributed by atoms with Gasteiger partial charge in [-0.2, -0.15) is 13.2 Å². The maximum absolute atomic E-state index is 12.8. The first-order chi connectivity index (χ1) is 9.46. The highest BCUT2D eigenvalue weighted by molar-refractivity contribution is 9.10. The molecule has 7 heteroatoms. The van der Waals surface area contributed by atoms with Crippen molar-refractivity contribution >= 4 is 37.4 Å². The number of ether oxygens (including phenoxy) is 2. The second-order valence-corrected chi connectivity index (χ2v) is 6.33. The summed E-state index contributed by atoms with van der Waals surface area (Å²) in [6.45, 7) is 0.817. The lowest BCUT2D eigenvalue weighted by Crippen LogP contribution is -2.13. The summed E-state index contributed by atoms with van der Waals surface area (Å²) in [7, 11) is 0. The van der Waals surface area contributed by atoms with Crippen molar-refractivity contribution in [2.45, 2.75) is 18.9 Å². The van der Waals surface area contributed by atoms with E-state index < -0.39 is 18.9 Å². The highest BCUT2D eigenvalue weighted by Crippen LogP contribution is 2.43. The molecule has 0 unspecified atom stereocenters. The summed E-state index contributed by atoms with van der Waals surface area (Å²) in [5, 5.41) is 0.607. The summed E-state index contributed by atoms with van der Waals surface area (Å²) in [5.74, 6) is 0. The van der Waals surface area contributed by atoms with Gasteiger partial charge in [0.2, 0.25) is 0 Å². The van der Waals surface area contributed by atoms with Gasteiger partial charge in [0.05, 0.1) is 24.5 Å². The van der Waals surface area contributed by atoms with Crippen LogP contribution in [0.15, 0.2) is 22.7 Å². The number of rotatable bonds is 2. The van der Waals surface area contributed by atoms with Gasteiger partial charge in [0, 0.05) is 9.17 Å². The Morgan fingerprint density at radius 2 is 1.95 bits per heavy atom. The molecule has 0 saturated carbocycles. The lowest BCUT2D eigenvalue weighted by Gasteiger charge is -2.12. The van der Waals surface area contributed by atoms with Crippen molar-refractivity contribution in [3.05, 3.63) is 33.1 Å². The van der Waals surface area contributed by atoms with Gasteiger partial charge >= 0.3 is 6.18 Å². The van der Waals surface area contributed by atoms with E-state index in [9.17, 15) is 13.2 Å². The van der Waals surface area contributed by atoms with Crippen LogP contribution in [0.4, 0.5) is 13.2 Å². The average Bonchev–Trinajstić information content (AvgIpc) is 2.96. The Kier molecular flexibility index (Phi) is 3.79. The normalized spacial score (nSPS) is 17.2. The minimum atomic E-state index is -4.26. The van der Waals surface area contributed by atoms with E-state index in [2.05, 4.69) is 15.9 Å². The van der Waals surface area contributed by atoms with Gasteiger partial charge in [0.1, 0.15) is 0 Å². The fourth-order valence-electron chi connectivity index (χ4n) is 2.24. The third-order valence-electron chi connectivity index (χ3n) is 3.01. The summed E-state index contributed by atoms with van der Waals surface area (Å²) in [6, 6.07) is 5.26. The van der Waals surface area contributed by atoms with E-state index in [0.717, 1.165) is 9.17 Å². The maximum atomic E-state index is 12.8. The Morgan fingerprint density at radius 1 is 1.25 bits per heavy atom. The number of fused-ring (bicyclic) bond motifs is 1. The summed E-state index contributed by atoms with van der Waals surface area (Å²) < 4.78 is 50.8. The molecule has 0 amide bonds. The first kappa shape index (κ1) is 14.3. The summed E-state index contributed by atoms with van der Waals surface area (Å²) in [5.41, 5.74) is 0.255. The van der Waals surface area contributed by atoms with Gasteiger partial charge in [0.25, 0.3) is 0 Å². The number of hydrogen-bond donors (Lipinski definition) is 0. The van der Waals surface area contributed by atoms with E-state index in [0.29, 0.717) is 23.5 Å². The second-order valence-electron chi connectivity index (χ2n) is 4.43. The van der Waals surface area contributed by atoms with Gasteiger partial charge in [-0.05, 0) is 32.9 Å². The molecule has 0 bridgehead atoms. The Bertz CT molecular complexity index is 632. The summed E-state index contributed by atoms with van der Waals surface area (Å²) in [6.07, 6.45) is -5.91. The maximum Gasteiger partial charge on any atom is 0.393 e. The minimum absolute atomic E-state index is 0.255. The molecule has 2 heterocycles. The predicted octanol–water partition coefficient (Wildman–Crippen LogP) is 4.81. The molecule has 1 aliphatic heterocycles. The van der Waals surface area contributed by atoms with E-state index in [1.165, 1.54) is 11.3 Å². The van der Waals surface area contributed by atoms with E-state index >= 15 is 0 Å². The third-order valence-corrected chi connectivity index (χ3v) is 5.24. The van der Waals surface area contributed by atoms with Gasteiger partial charge in [0.15, 0.2) is 6.29 Å². The van der Waals surface area contributed by atoms with E-state index in [1.54, 1.807) is 12.1 Å². The zero-order valence-electron chi connectivity index (χ0n) is 10.2. The predicted molar refractivity (Wildman–Crippen MR) is 73.9 cm³/mol. The fraction of sp³-hybridized carbons (Fsp3) is 0.385. The van der Waals surface area contributed by atoms with Crippen LogP contribution in [0, 0.1) is 0 Å². The average molecular weight is 367 g/mol. The molecule has 20 heavy (non-hydrogen) atoms. The fourth-order valence-corrected chi connectivity index (χ4v) is 4.07. The third kappa shape index (κ3) is 2.72. The van der Waals surface area contributed by atoms with Crippen LogP contribution in [0.1, 0.15) is 16.7 Å². The van der Waals surface area contributed by atoms with Crippen molar-refractivity contribution in [1.29, 1.82) is 0 Å². The molecule has 3 rings (SSSR count). The van der Waals surface area contributed by atoms with Crippen LogP contribution in [-0.2, 0) is 15.9 Å². The lowest BCUT2D eigenvalue weighted by molar-refractivity contribution is -0.127. The zero-order chi connectivity index (χ0) is 14.3. The van der Waals surface area contributed by atoms with Crippen molar-refractivity contribution in [3.63, 3.8) is 0 Å². The van der Waals surface area contributed by atoms with Gasteiger partial charge in [-0.1, -0.05) is 12.1 Å². The number of alkyl halides is 3. The molecular weight excluding hydrogens is 357 g/mol. The molecule has 1 fully saturated rings. The lowest BCUT2D eigenvalue weighted by atomic mass is 10.1. The van der Waals surface area contributed by atoms with E-state index in [-0.39, 0.29) is 5.56 Å². The molecule has 2 nitrogen and oxygen atoms in total. The Balaban J connectivity index is 2.16. The molecular formula is C13H10BrF3O2S. The topological polar surface area (TPSA) is 18.5 Å². The number of benzene rings is 1. The van der Waals surface area contributed by atoms with Gasteiger partial charge in [-0.15, -0.1) is 11.3 Å². The molecule has 1 aromatic carbocycles. The van der Waals surface area contributed by atoms with E-state index in [1.807, 2.05) is 6.07 Å². The van der Waals surface area contributed by atoms with Crippen LogP contribution in [0.25, 0.3) is 10.1 Å². The second kappa shape index (κ2) is 5.29. The smallest absolute Gasteiger partial charge is 0.345 e. The monoisotopic (exact) mass is 366 g/mol. The van der Waals surface area contributed by atoms with Gasteiger partial charge in [-0.25, -0.2) is 0 Å². The Morgan fingerprint density at radius 3 is 2.60 bits per heavy atom. The molecule has 0 N–H and O–H groups in total. The quantitative estimate of drug-likeness (QED) is 0.758. The van der Waals surface area contributed by atoms with Crippen molar-refractivity contribution in [2.24, 2.45) is 0 Å². The molecule has 0 spiro atoms. The van der Waals surface area contributed by atoms with Gasteiger partial charge in [-0.3, -0.25) is 0 Å². The van der Waals surface area contributed by atoms with Crippen molar-refractivity contribution in [3.8, 4) is 0 Å². The SMILES string of the molecule is FC(F)(F)Cc1c(C2OCCO2)sc2c(Br)cccc12. The van der Waals surface area contributed by atoms with Crippen molar-refractivity contribution < 1.29 is 22.6 Å². The number of thiophene rings is 1. The van der Waals surface area contributed by atoms with Crippen LogP contribution in [0.5, 0.6) is 0 Å². The van der Waals surface area contributed by atoms with Crippen molar-refractivity contribution in [1.82, 2.24) is 0 Å². The summed E-state index contributed by atoms with van der Waals surface area (Å²) in [4.78, 5) is 0.515. The molecule has 0 aliphatic carbocycles. The highest BCUT2D eigenvalue weighted by atomic mass is 79.9. The van der Waals surface area contributed by atoms with Crippen LogP contribution >= 0.6 is 27.3 Å². The molecule has 1 aromatic heterocycles. The van der Waals surface area contributed by atoms with Crippen LogP contribution < -0.4 is 0 Å². The van der Waals surface area contributed by atoms with E-state index in [4.69, 9.17) is 9.47 Å². The molecule has 2 aromatic rings. The molecule has 0 radical (unpaired) electrons.